The number of amides is 1. The van der Waals surface area contributed by atoms with Crippen molar-refractivity contribution in [3.8, 4) is 0 Å². The molecule has 3 aromatic rings. The summed E-state index contributed by atoms with van der Waals surface area (Å²) in [6.07, 6.45) is 4.79. The number of aliphatic hydroxyl groups is 1. The number of carbonyl (C=O) groups is 1. The average molecular weight is 345 g/mol. The van der Waals surface area contributed by atoms with Crippen LogP contribution in [0.15, 0.2) is 41.3 Å². The molecule has 0 saturated heterocycles. The van der Waals surface area contributed by atoms with Gasteiger partial charge >= 0.3 is 0 Å². The summed E-state index contributed by atoms with van der Waals surface area (Å²) >= 11 is 0. The Morgan fingerprint density at radius 2 is 2.24 bits per heavy atom. The number of aromatic nitrogens is 2. The zero-order valence-corrected chi connectivity index (χ0v) is 14.3. The van der Waals surface area contributed by atoms with Crippen LogP contribution in [0.1, 0.15) is 36.1 Å². The van der Waals surface area contributed by atoms with E-state index in [1.807, 2.05) is 20.9 Å². The van der Waals surface area contributed by atoms with E-state index in [0.29, 0.717) is 16.8 Å². The molecule has 3 rings (SSSR count). The van der Waals surface area contributed by atoms with Gasteiger partial charge in [-0.1, -0.05) is 13.8 Å². The number of carbonyl (C=O) groups excluding carboxylic acids is 1. The highest BCUT2D eigenvalue weighted by Gasteiger charge is 2.35. The molecule has 2 N–H and O–H groups in total. The molecule has 1 aromatic carbocycles. The van der Waals surface area contributed by atoms with Gasteiger partial charge in [0.05, 0.1) is 24.5 Å². The van der Waals surface area contributed by atoms with Crippen molar-refractivity contribution in [2.75, 3.05) is 6.61 Å². The first-order chi connectivity index (χ1) is 11.8. The summed E-state index contributed by atoms with van der Waals surface area (Å²) in [5.41, 5.74) is -0.253. The third-order valence-electron chi connectivity index (χ3n) is 4.34. The first kappa shape index (κ1) is 17.2. The summed E-state index contributed by atoms with van der Waals surface area (Å²) in [6, 6.07) is 3.48. The van der Waals surface area contributed by atoms with Crippen LogP contribution in [0.4, 0.5) is 4.39 Å². The monoisotopic (exact) mass is 345 g/mol. The van der Waals surface area contributed by atoms with Crippen molar-refractivity contribution in [2.24, 2.45) is 12.5 Å². The van der Waals surface area contributed by atoms with E-state index in [1.54, 1.807) is 23.0 Å². The SMILES string of the molecule is Cn1ccnc1C(NC(=O)c1cc(F)cc2ccoc12)C(C)(C)CO. The molecule has 132 valence electrons. The van der Waals surface area contributed by atoms with E-state index in [9.17, 15) is 14.3 Å². The Morgan fingerprint density at radius 1 is 1.48 bits per heavy atom. The van der Waals surface area contributed by atoms with Crippen molar-refractivity contribution in [2.45, 2.75) is 19.9 Å². The number of aryl methyl sites for hydroxylation is 1. The second-order valence-corrected chi connectivity index (χ2v) is 6.74. The largest absolute Gasteiger partial charge is 0.464 e. The maximum atomic E-state index is 13.8. The molecule has 6 nitrogen and oxygen atoms in total. The summed E-state index contributed by atoms with van der Waals surface area (Å²) in [6.45, 7) is 3.48. The Morgan fingerprint density at radius 3 is 2.88 bits per heavy atom. The van der Waals surface area contributed by atoms with Gasteiger partial charge in [0.25, 0.3) is 5.91 Å². The summed E-state index contributed by atoms with van der Waals surface area (Å²) in [7, 11) is 1.81. The zero-order chi connectivity index (χ0) is 18.2. The Labute approximate surface area is 144 Å². The molecule has 2 heterocycles. The van der Waals surface area contributed by atoms with Crippen molar-refractivity contribution in [3.63, 3.8) is 0 Å². The Kier molecular flexibility index (Phi) is 4.34. The maximum Gasteiger partial charge on any atom is 0.255 e. The van der Waals surface area contributed by atoms with E-state index in [4.69, 9.17) is 4.42 Å². The number of imidazole rings is 1. The van der Waals surface area contributed by atoms with Gasteiger partial charge in [0.1, 0.15) is 17.2 Å². The van der Waals surface area contributed by atoms with Crippen LogP contribution in [0, 0.1) is 11.2 Å². The second kappa shape index (κ2) is 6.33. The van der Waals surface area contributed by atoms with Gasteiger partial charge < -0.3 is 19.4 Å². The summed E-state index contributed by atoms with van der Waals surface area (Å²) in [5, 5.41) is 13.1. The number of furan rings is 1. The quantitative estimate of drug-likeness (QED) is 0.745. The minimum Gasteiger partial charge on any atom is -0.464 e. The fraction of sp³-hybridized carbons (Fsp3) is 0.333. The lowest BCUT2D eigenvalue weighted by atomic mass is 9.84. The Balaban J connectivity index is 2.00. The number of rotatable bonds is 5. The Hall–Kier alpha value is -2.67. The van der Waals surface area contributed by atoms with Gasteiger partial charge in [-0.25, -0.2) is 9.37 Å². The Bertz CT molecular complexity index is 913. The first-order valence-electron chi connectivity index (χ1n) is 7.89. The lowest BCUT2D eigenvalue weighted by Gasteiger charge is -2.32. The smallest absolute Gasteiger partial charge is 0.255 e. The van der Waals surface area contributed by atoms with Crippen molar-refractivity contribution in [1.29, 1.82) is 0 Å². The van der Waals surface area contributed by atoms with Gasteiger partial charge in [-0.05, 0) is 18.2 Å². The van der Waals surface area contributed by atoms with Gasteiger partial charge in [-0.3, -0.25) is 4.79 Å². The van der Waals surface area contributed by atoms with Crippen LogP contribution >= 0.6 is 0 Å². The number of hydrogen-bond donors (Lipinski definition) is 2. The topological polar surface area (TPSA) is 80.3 Å². The number of nitrogens with one attached hydrogen (secondary N) is 1. The van der Waals surface area contributed by atoms with Gasteiger partial charge in [0.15, 0.2) is 0 Å². The molecule has 0 radical (unpaired) electrons. The summed E-state index contributed by atoms with van der Waals surface area (Å²) in [4.78, 5) is 17.1. The third kappa shape index (κ3) is 3.15. The lowest BCUT2D eigenvalue weighted by molar-refractivity contribution is 0.0790. The van der Waals surface area contributed by atoms with E-state index in [2.05, 4.69) is 10.3 Å². The van der Waals surface area contributed by atoms with Gasteiger partial charge in [-0.15, -0.1) is 0 Å². The number of benzene rings is 1. The highest BCUT2D eigenvalue weighted by atomic mass is 19.1. The molecule has 0 aliphatic heterocycles. The van der Waals surface area contributed by atoms with E-state index in [1.165, 1.54) is 12.3 Å². The predicted molar refractivity (Wildman–Crippen MR) is 90.5 cm³/mol. The van der Waals surface area contributed by atoms with E-state index < -0.39 is 23.2 Å². The summed E-state index contributed by atoms with van der Waals surface area (Å²) < 4.78 is 20.9. The molecule has 1 amide bonds. The molecule has 25 heavy (non-hydrogen) atoms. The van der Waals surface area contributed by atoms with Crippen LogP contribution in [0.25, 0.3) is 11.0 Å². The molecular weight excluding hydrogens is 325 g/mol. The number of hydrogen-bond acceptors (Lipinski definition) is 4. The normalized spacial score (nSPS) is 13.2. The van der Waals surface area contributed by atoms with Gasteiger partial charge in [0.2, 0.25) is 0 Å². The van der Waals surface area contributed by atoms with E-state index in [0.717, 1.165) is 6.07 Å². The lowest BCUT2D eigenvalue weighted by Crippen LogP contribution is -2.41. The van der Waals surface area contributed by atoms with Crippen molar-refractivity contribution >= 4 is 16.9 Å². The third-order valence-corrected chi connectivity index (χ3v) is 4.34. The minimum absolute atomic E-state index is 0.105. The highest BCUT2D eigenvalue weighted by Crippen LogP contribution is 2.32. The van der Waals surface area contributed by atoms with E-state index >= 15 is 0 Å². The molecule has 1 atom stereocenters. The zero-order valence-electron chi connectivity index (χ0n) is 14.3. The van der Waals surface area contributed by atoms with Crippen molar-refractivity contribution < 1.29 is 18.7 Å². The van der Waals surface area contributed by atoms with Crippen LogP contribution in [0.5, 0.6) is 0 Å². The number of halogens is 1. The maximum absolute atomic E-state index is 13.8. The van der Waals surface area contributed by atoms with Gasteiger partial charge in [0, 0.05) is 30.2 Å². The number of fused-ring (bicyclic) bond motifs is 1. The molecule has 2 aromatic heterocycles. The molecule has 7 heteroatoms. The molecule has 0 saturated carbocycles. The van der Waals surface area contributed by atoms with Crippen molar-refractivity contribution in [3.05, 3.63) is 54.1 Å². The fourth-order valence-electron chi connectivity index (χ4n) is 2.78. The molecule has 0 spiro atoms. The molecule has 0 fully saturated rings. The number of nitrogens with zero attached hydrogens (tertiary/aromatic N) is 2. The van der Waals surface area contributed by atoms with Crippen LogP contribution in [0.3, 0.4) is 0 Å². The van der Waals surface area contributed by atoms with Crippen LogP contribution in [-0.4, -0.2) is 27.2 Å². The van der Waals surface area contributed by atoms with Crippen LogP contribution < -0.4 is 5.32 Å². The standard InChI is InChI=1S/C18H20FN3O3/c1-18(2,10-23)15(16-20-5-6-22(16)3)21-17(24)13-9-12(19)8-11-4-7-25-14(11)13/h4-9,15,23H,10H2,1-3H3,(H,21,24). The van der Waals surface area contributed by atoms with E-state index in [-0.39, 0.29) is 12.2 Å². The average Bonchev–Trinajstić information content (AvgIpc) is 3.20. The number of aliphatic hydroxyl groups excluding tert-OH is 1. The second-order valence-electron chi connectivity index (χ2n) is 6.74. The van der Waals surface area contributed by atoms with Gasteiger partial charge in [-0.2, -0.15) is 0 Å². The fourth-order valence-corrected chi connectivity index (χ4v) is 2.78. The molecular formula is C18H20FN3O3. The molecule has 0 aliphatic carbocycles. The summed E-state index contributed by atoms with van der Waals surface area (Å²) in [5.74, 6) is -0.414. The molecule has 1 unspecified atom stereocenters. The predicted octanol–water partition coefficient (Wildman–Crippen LogP) is 2.80. The molecule has 0 bridgehead atoms. The molecule has 0 aliphatic rings. The minimum atomic E-state index is -0.676. The highest BCUT2D eigenvalue weighted by molar-refractivity contribution is 6.05. The van der Waals surface area contributed by atoms with Crippen molar-refractivity contribution in [1.82, 2.24) is 14.9 Å². The van der Waals surface area contributed by atoms with Crippen LogP contribution in [-0.2, 0) is 7.05 Å². The first-order valence-corrected chi connectivity index (χ1v) is 7.89. The van der Waals surface area contributed by atoms with Crippen LogP contribution in [0.2, 0.25) is 0 Å².